The van der Waals surface area contributed by atoms with Gasteiger partial charge in [-0.15, -0.1) is 0 Å². The maximum absolute atomic E-state index is 5.39. The lowest BCUT2D eigenvalue weighted by atomic mass is 10.2. The number of nitrogens with zero attached hydrogens (tertiary/aromatic N) is 3. The molecule has 0 saturated carbocycles. The van der Waals surface area contributed by atoms with Gasteiger partial charge in [0.1, 0.15) is 5.69 Å². The van der Waals surface area contributed by atoms with E-state index in [1.54, 1.807) is 0 Å². The molecule has 1 aromatic heterocycles. The predicted octanol–water partition coefficient (Wildman–Crippen LogP) is 1.43. The van der Waals surface area contributed by atoms with E-state index in [1.807, 2.05) is 31.1 Å². The van der Waals surface area contributed by atoms with Crippen LogP contribution < -0.4 is 9.64 Å². The molecule has 1 aliphatic heterocycles. The second-order valence-electron chi connectivity index (χ2n) is 4.05. The topological polar surface area (TPSA) is 38.2 Å². The van der Waals surface area contributed by atoms with Crippen molar-refractivity contribution in [2.24, 2.45) is 0 Å². The van der Waals surface area contributed by atoms with Crippen molar-refractivity contribution in [1.29, 1.82) is 0 Å². The van der Waals surface area contributed by atoms with Gasteiger partial charge in [-0.25, -0.2) is 9.97 Å². The molecule has 0 fully saturated rings. The Hall–Kier alpha value is -1.84. The van der Waals surface area contributed by atoms with Crippen LogP contribution in [0.25, 0.3) is 11.0 Å². The predicted molar refractivity (Wildman–Crippen MR) is 61.9 cm³/mol. The summed E-state index contributed by atoms with van der Waals surface area (Å²) < 4.78 is 5.39. The molecule has 2 aromatic rings. The number of benzene rings is 1. The summed E-state index contributed by atoms with van der Waals surface area (Å²) in [4.78, 5) is 11.0. The third-order valence-electron chi connectivity index (χ3n) is 2.66. The highest BCUT2D eigenvalue weighted by atomic mass is 16.5. The first-order valence-corrected chi connectivity index (χ1v) is 5.27. The van der Waals surface area contributed by atoms with Gasteiger partial charge >= 0.3 is 0 Å². The monoisotopic (exact) mass is 214 g/mol. The summed E-state index contributed by atoms with van der Waals surface area (Å²) in [6, 6.07) is 7.19. The Morgan fingerprint density at radius 3 is 3.00 bits per heavy atom. The van der Waals surface area contributed by atoms with Gasteiger partial charge in [-0.3, -0.25) is 0 Å². The van der Waals surface area contributed by atoms with Crippen LogP contribution >= 0.6 is 0 Å². The Morgan fingerprint density at radius 1 is 1.31 bits per heavy atom. The van der Waals surface area contributed by atoms with Crippen LogP contribution in [-0.4, -0.2) is 30.7 Å². The third kappa shape index (κ3) is 1.38. The number of rotatable bonds is 1. The van der Waals surface area contributed by atoms with Gasteiger partial charge in [-0.05, 0) is 12.1 Å². The first kappa shape index (κ1) is 9.39. The lowest BCUT2D eigenvalue weighted by molar-refractivity contribution is 0.346. The van der Waals surface area contributed by atoms with E-state index in [0.29, 0.717) is 12.5 Å². The molecule has 1 aromatic carbocycles. The molecule has 16 heavy (non-hydrogen) atoms. The Morgan fingerprint density at radius 2 is 2.19 bits per heavy atom. The highest BCUT2D eigenvalue weighted by Gasteiger charge is 2.16. The minimum Gasteiger partial charge on any atom is -0.476 e. The van der Waals surface area contributed by atoms with E-state index in [4.69, 9.17) is 4.74 Å². The summed E-state index contributed by atoms with van der Waals surface area (Å²) in [6.45, 7) is 0.687. The fourth-order valence-corrected chi connectivity index (χ4v) is 1.78. The summed E-state index contributed by atoms with van der Waals surface area (Å²) in [6.07, 6.45) is 0.846. The molecule has 0 unspecified atom stereocenters. The zero-order valence-corrected chi connectivity index (χ0v) is 9.32. The average Bonchev–Trinajstić information content (AvgIpc) is 2.71. The lowest BCUT2D eigenvalue weighted by Gasteiger charge is -2.12. The van der Waals surface area contributed by atoms with Gasteiger partial charge < -0.3 is 9.64 Å². The smallest absolute Gasteiger partial charge is 0.236 e. The van der Waals surface area contributed by atoms with E-state index < -0.39 is 0 Å². The molecule has 0 spiro atoms. The van der Waals surface area contributed by atoms with E-state index >= 15 is 0 Å². The maximum atomic E-state index is 5.39. The van der Waals surface area contributed by atoms with Gasteiger partial charge in [0, 0.05) is 32.3 Å². The van der Waals surface area contributed by atoms with Crippen molar-refractivity contribution in [3.05, 3.63) is 23.9 Å². The van der Waals surface area contributed by atoms with Gasteiger partial charge in [-0.2, -0.15) is 0 Å². The second-order valence-corrected chi connectivity index (χ2v) is 4.05. The molecule has 1 aliphatic rings. The van der Waals surface area contributed by atoms with Gasteiger partial charge in [0.25, 0.3) is 0 Å². The van der Waals surface area contributed by atoms with Crippen molar-refractivity contribution in [2.45, 2.75) is 6.42 Å². The summed E-state index contributed by atoms with van der Waals surface area (Å²) in [5.41, 5.74) is 3.61. The van der Waals surface area contributed by atoms with Crippen molar-refractivity contribution in [2.75, 3.05) is 25.6 Å². The van der Waals surface area contributed by atoms with E-state index in [2.05, 4.69) is 16.0 Å². The summed E-state index contributed by atoms with van der Waals surface area (Å²) in [5.74, 6) is 0.679. The van der Waals surface area contributed by atoms with Crippen LogP contribution in [-0.2, 0) is 6.42 Å². The molecule has 0 N–H and O–H groups in total. The number of anilines is 1. The van der Waals surface area contributed by atoms with Gasteiger partial charge in [0.2, 0.25) is 5.88 Å². The van der Waals surface area contributed by atoms with Crippen molar-refractivity contribution in [1.82, 2.24) is 9.97 Å². The van der Waals surface area contributed by atoms with Gasteiger partial charge in [0.15, 0.2) is 0 Å². The van der Waals surface area contributed by atoms with Crippen LogP contribution in [0, 0.1) is 6.07 Å². The molecule has 0 aliphatic carbocycles. The summed E-state index contributed by atoms with van der Waals surface area (Å²) >= 11 is 0. The fraction of sp³-hybridized carbons (Fsp3) is 0.333. The maximum Gasteiger partial charge on any atom is 0.236 e. The first-order valence-electron chi connectivity index (χ1n) is 5.27. The van der Waals surface area contributed by atoms with Gasteiger partial charge in [0.05, 0.1) is 17.6 Å². The molecule has 4 nitrogen and oxygen atoms in total. The molecule has 81 valence electrons. The molecule has 3 rings (SSSR count). The SMILES string of the molecule is CN(C)c1[c]c2nc3c(nc2cc1)OCC3. The van der Waals surface area contributed by atoms with Crippen molar-refractivity contribution in [3.63, 3.8) is 0 Å². The lowest BCUT2D eigenvalue weighted by Crippen LogP contribution is -2.08. The quantitative estimate of drug-likeness (QED) is 0.719. The van der Waals surface area contributed by atoms with E-state index in [-0.39, 0.29) is 0 Å². The number of fused-ring (bicyclic) bond motifs is 2. The van der Waals surface area contributed by atoms with Crippen molar-refractivity contribution < 1.29 is 4.74 Å². The minimum atomic E-state index is 0.679. The molecule has 0 bridgehead atoms. The van der Waals surface area contributed by atoms with Crippen LogP contribution in [0.3, 0.4) is 0 Å². The Balaban J connectivity index is 2.20. The summed E-state index contributed by atoms with van der Waals surface area (Å²) in [5, 5.41) is 0. The first-order chi connectivity index (χ1) is 7.74. The molecule has 0 saturated heterocycles. The highest BCUT2D eigenvalue weighted by Crippen LogP contribution is 2.25. The highest BCUT2D eigenvalue weighted by molar-refractivity contribution is 5.78. The molecule has 4 heteroatoms. The Kier molecular flexibility index (Phi) is 1.96. The summed E-state index contributed by atoms with van der Waals surface area (Å²) in [7, 11) is 3.98. The largest absolute Gasteiger partial charge is 0.476 e. The van der Waals surface area contributed by atoms with E-state index in [0.717, 1.165) is 28.8 Å². The number of aromatic nitrogens is 2. The van der Waals surface area contributed by atoms with Gasteiger partial charge in [-0.1, -0.05) is 0 Å². The minimum absolute atomic E-state index is 0.679. The second kappa shape index (κ2) is 3.33. The standard InChI is InChI=1S/C12H12N3O/c1-15(2)8-3-4-9-11(7-8)13-10-5-6-16-12(10)14-9/h3-4H,5-6H2,1-2H3. The molecule has 1 radical (unpaired) electrons. The van der Waals surface area contributed by atoms with Crippen molar-refractivity contribution >= 4 is 16.7 Å². The zero-order valence-electron chi connectivity index (χ0n) is 9.32. The molecule has 2 heterocycles. The van der Waals surface area contributed by atoms with Crippen LogP contribution in [0.5, 0.6) is 5.88 Å². The molecular formula is C12H12N3O. The Labute approximate surface area is 93.9 Å². The fourth-order valence-electron chi connectivity index (χ4n) is 1.78. The average molecular weight is 214 g/mol. The third-order valence-corrected chi connectivity index (χ3v) is 2.66. The van der Waals surface area contributed by atoms with E-state index in [9.17, 15) is 0 Å². The molecule has 0 amide bonds. The number of ether oxygens (including phenoxy) is 1. The van der Waals surface area contributed by atoms with Crippen LogP contribution in [0.4, 0.5) is 5.69 Å². The number of hydrogen-bond donors (Lipinski definition) is 0. The normalized spacial score (nSPS) is 13.6. The van der Waals surface area contributed by atoms with E-state index in [1.165, 1.54) is 0 Å². The van der Waals surface area contributed by atoms with Crippen LogP contribution in [0.1, 0.15) is 5.69 Å². The molecule has 0 atom stereocenters. The zero-order chi connectivity index (χ0) is 11.1. The van der Waals surface area contributed by atoms with Crippen LogP contribution in [0.2, 0.25) is 0 Å². The Bertz CT molecular complexity index is 551. The number of hydrogen-bond acceptors (Lipinski definition) is 4. The molecular weight excluding hydrogens is 202 g/mol. The van der Waals surface area contributed by atoms with Crippen LogP contribution in [0.15, 0.2) is 12.1 Å². The van der Waals surface area contributed by atoms with Crippen molar-refractivity contribution in [3.8, 4) is 5.88 Å².